The monoisotopic (exact) mass is 253 g/mol. The molecule has 1 amide bonds. The topological polar surface area (TPSA) is 49.3 Å². The van der Waals surface area contributed by atoms with E-state index in [4.69, 9.17) is 0 Å². The molecule has 0 saturated carbocycles. The zero-order valence-electron chi connectivity index (χ0n) is 10.9. The Kier molecular flexibility index (Phi) is 2.39. The van der Waals surface area contributed by atoms with Crippen LogP contribution in [0, 0.1) is 0 Å². The van der Waals surface area contributed by atoms with Gasteiger partial charge in [0.25, 0.3) is 0 Å². The van der Waals surface area contributed by atoms with Gasteiger partial charge in [-0.25, -0.2) is 0 Å². The van der Waals surface area contributed by atoms with Gasteiger partial charge in [0.1, 0.15) is 5.75 Å². The normalized spacial score (nSPS) is 16.0. The average molecular weight is 253 g/mol. The van der Waals surface area contributed by atoms with Gasteiger partial charge in [-0.1, -0.05) is 18.2 Å². The SMILES string of the molecule is CC1(C)C(=O)Nc2ccc(-c3ccc(O)cc3)cc21. The number of nitrogens with one attached hydrogen (secondary N) is 1. The van der Waals surface area contributed by atoms with E-state index in [2.05, 4.69) is 5.32 Å². The van der Waals surface area contributed by atoms with Crippen molar-refractivity contribution in [2.45, 2.75) is 19.3 Å². The van der Waals surface area contributed by atoms with Crippen LogP contribution in [0.1, 0.15) is 19.4 Å². The Balaban J connectivity index is 2.10. The van der Waals surface area contributed by atoms with E-state index in [0.717, 1.165) is 22.4 Å². The van der Waals surface area contributed by atoms with Crippen LogP contribution in [0.5, 0.6) is 5.75 Å². The number of hydrogen-bond donors (Lipinski definition) is 2. The van der Waals surface area contributed by atoms with Gasteiger partial charge in [-0.05, 0) is 54.8 Å². The molecule has 0 spiro atoms. The Morgan fingerprint density at radius 1 is 1.00 bits per heavy atom. The summed E-state index contributed by atoms with van der Waals surface area (Å²) in [5.41, 5.74) is 3.47. The molecule has 1 heterocycles. The maximum Gasteiger partial charge on any atom is 0.234 e. The summed E-state index contributed by atoms with van der Waals surface area (Å²) in [4.78, 5) is 11.9. The number of phenolic OH excluding ortho intramolecular Hbond substituents is 1. The van der Waals surface area contributed by atoms with Gasteiger partial charge >= 0.3 is 0 Å². The molecule has 2 aromatic rings. The molecule has 1 aliphatic rings. The average Bonchev–Trinajstić information content (AvgIpc) is 2.61. The third-order valence-electron chi connectivity index (χ3n) is 3.71. The summed E-state index contributed by atoms with van der Waals surface area (Å²) >= 11 is 0. The fraction of sp³-hybridized carbons (Fsp3) is 0.188. The lowest BCUT2D eigenvalue weighted by atomic mass is 9.85. The number of fused-ring (bicyclic) bond motifs is 1. The van der Waals surface area contributed by atoms with Gasteiger partial charge in [0.15, 0.2) is 0 Å². The first-order chi connectivity index (χ1) is 8.98. The molecule has 1 aliphatic heterocycles. The van der Waals surface area contributed by atoms with Crippen LogP contribution in [-0.4, -0.2) is 11.0 Å². The van der Waals surface area contributed by atoms with E-state index in [0.29, 0.717) is 0 Å². The van der Waals surface area contributed by atoms with E-state index in [1.165, 1.54) is 0 Å². The lowest BCUT2D eigenvalue weighted by Gasteiger charge is -2.15. The molecule has 3 rings (SSSR count). The highest BCUT2D eigenvalue weighted by atomic mass is 16.3. The number of carbonyl (C=O) groups is 1. The van der Waals surface area contributed by atoms with Gasteiger partial charge in [-0.2, -0.15) is 0 Å². The zero-order valence-corrected chi connectivity index (χ0v) is 10.9. The van der Waals surface area contributed by atoms with E-state index in [1.807, 2.05) is 44.2 Å². The third-order valence-corrected chi connectivity index (χ3v) is 3.71. The highest BCUT2D eigenvalue weighted by molar-refractivity contribution is 6.06. The molecule has 0 unspecified atom stereocenters. The van der Waals surface area contributed by atoms with Crippen LogP contribution in [0.2, 0.25) is 0 Å². The Morgan fingerprint density at radius 2 is 1.63 bits per heavy atom. The van der Waals surface area contributed by atoms with E-state index in [1.54, 1.807) is 12.1 Å². The highest BCUT2D eigenvalue weighted by Gasteiger charge is 2.38. The van der Waals surface area contributed by atoms with Crippen LogP contribution in [0.4, 0.5) is 5.69 Å². The van der Waals surface area contributed by atoms with Crippen molar-refractivity contribution in [1.82, 2.24) is 0 Å². The number of benzene rings is 2. The van der Waals surface area contributed by atoms with Crippen molar-refractivity contribution < 1.29 is 9.90 Å². The number of carbonyl (C=O) groups excluding carboxylic acids is 1. The predicted molar refractivity (Wildman–Crippen MR) is 75.2 cm³/mol. The van der Waals surface area contributed by atoms with Gasteiger partial charge in [-0.3, -0.25) is 4.79 Å². The van der Waals surface area contributed by atoms with Crippen molar-refractivity contribution >= 4 is 11.6 Å². The van der Waals surface area contributed by atoms with Crippen molar-refractivity contribution in [3.8, 4) is 16.9 Å². The number of anilines is 1. The van der Waals surface area contributed by atoms with Crippen molar-refractivity contribution in [2.75, 3.05) is 5.32 Å². The molecule has 3 heteroatoms. The summed E-state index contributed by atoms with van der Waals surface area (Å²) in [6.45, 7) is 3.85. The van der Waals surface area contributed by atoms with Crippen molar-refractivity contribution in [1.29, 1.82) is 0 Å². The fourth-order valence-corrected chi connectivity index (χ4v) is 2.40. The van der Waals surface area contributed by atoms with Crippen LogP contribution in [0.25, 0.3) is 11.1 Å². The summed E-state index contributed by atoms with van der Waals surface area (Å²) in [5.74, 6) is 0.285. The van der Waals surface area contributed by atoms with E-state index in [9.17, 15) is 9.90 Å². The molecule has 3 nitrogen and oxygen atoms in total. The number of rotatable bonds is 1. The van der Waals surface area contributed by atoms with Gasteiger partial charge < -0.3 is 10.4 Å². The minimum atomic E-state index is -0.498. The lowest BCUT2D eigenvalue weighted by Crippen LogP contribution is -2.26. The molecule has 0 radical (unpaired) electrons. The number of aromatic hydroxyl groups is 1. The first kappa shape index (κ1) is 11.8. The van der Waals surface area contributed by atoms with Crippen LogP contribution in [0.3, 0.4) is 0 Å². The van der Waals surface area contributed by atoms with E-state index in [-0.39, 0.29) is 11.7 Å². The lowest BCUT2D eigenvalue weighted by molar-refractivity contribution is -0.119. The first-order valence-corrected chi connectivity index (χ1v) is 6.24. The largest absolute Gasteiger partial charge is 0.508 e. The van der Waals surface area contributed by atoms with Gasteiger partial charge in [0.2, 0.25) is 5.91 Å². The summed E-state index contributed by atoms with van der Waals surface area (Å²) in [6, 6.07) is 13.0. The molecule has 0 aromatic heterocycles. The number of phenols is 1. The van der Waals surface area contributed by atoms with E-state index < -0.39 is 5.41 Å². The summed E-state index contributed by atoms with van der Waals surface area (Å²) in [5, 5.41) is 12.2. The Bertz CT molecular complexity index is 657. The quantitative estimate of drug-likeness (QED) is 0.819. The molecule has 96 valence electrons. The minimum absolute atomic E-state index is 0.0327. The van der Waals surface area contributed by atoms with Crippen molar-refractivity contribution in [3.63, 3.8) is 0 Å². The molecule has 0 fully saturated rings. The van der Waals surface area contributed by atoms with Gasteiger partial charge in [0, 0.05) is 5.69 Å². The predicted octanol–water partition coefficient (Wildman–Crippen LogP) is 3.29. The highest BCUT2D eigenvalue weighted by Crippen LogP contribution is 2.39. The number of hydrogen-bond acceptors (Lipinski definition) is 2. The maximum absolute atomic E-state index is 11.9. The second kappa shape index (κ2) is 3.85. The minimum Gasteiger partial charge on any atom is -0.508 e. The molecule has 0 aliphatic carbocycles. The second-order valence-corrected chi connectivity index (χ2v) is 5.39. The van der Waals surface area contributed by atoms with Crippen LogP contribution in [-0.2, 0) is 10.2 Å². The standard InChI is InChI=1S/C16H15NO2/c1-16(2)13-9-11(5-8-14(13)17-15(16)19)10-3-6-12(18)7-4-10/h3-9,18H,1-2H3,(H,17,19). The molecular formula is C16H15NO2. The molecule has 0 atom stereocenters. The molecular weight excluding hydrogens is 238 g/mol. The smallest absolute Gasteiger partial charge is 0.234 e. The van der Waals surface area contributed by atoms with Crippen LogP contribution >= 0.6 is 0 Å². The van der Waals surface area contributed by atoms with E-state index >= 15 is 0 Å². The number of amides is 1. The summed E-state index contributed by atoms with van der Waals surface area (Å²) in [6.07, 6.45) is 0. The second-order valence-electron chi connectivity index (χ2n) is 5.39. The Morgan fingerprint density at radius 3 is 2.32 bits per heavy atom. The van der Waals surface area contributed by atoms with Crippen molar-refractivity contribution in [3.05, 3.63) is 48.0 Å². The molecule has 19 heavy (non-hydrogen) atoms. The van der Waals surface area contributed by atoms with Crippen LogP contribution in [0.15, 0.2) is 42.5 Å². The third kappa shape index (κ3) is 1.78. The van der Waals surface area contributed by atoms with Crippen LogP contribution < -0.4 is 5.32 Å². The summed E-state index contributed by atoms with van der Waals surface area (Å²) in [7, 11) is 0. The molecule has 0 saturated heterocycles. The van der Waals surface area contributed by atoms with Crippen molar-refractivity contribution in [2.24, 2.45) is 0 Å². The Labute approximate surface area is 111 Å². The zero-order chi connectivity index (χ0) is 13.6. The maximum atomic E-state index is 11.9. The molecule has 2 aromatic carbocycles. The fourth-order valence-electron chi connectivity index (χ4n) is 2.40. The Hall–Kier alpha value is -2.29. The first-order valence-electron chi connectivity index (χ1n) is 6.24. The summed E-state index contributed by atoms with van der Waals surface area (Å²) < 4.78 is 0. The molecule has 2 N–H and O–H groups in total. The van der Waals surface area contributed by atoms with Gasteiger partial charge in [-0.15, -0.1) is 0 Å². The van der Waals surface area contributed by atoms with Gasteiger partial charge in [0.05, 0.1) is 5.41 Å². The molecule has 0 bridgehead atoms.